The van der Waals surface area contributed by atoms with E-state index in [0.717, 1.165) is 16.7 Å². The fourth-order valence-electron chi connectivity index (χ4n) is 1.61. The molecule has 5 heteroatoms. The molecule has 0 unspecified atom stereocenters. The van der Waals surface area contributed by atoms with Crippen molar-refractivity contribution in [2.24, 2.45) is 0 Å². The summed E-state index contributed by atoms with van der Waals surface area (Å²) in [6.07, 6.45) is 1.23. The Morgan fingerprint density at radius 3 is 2.78 bits per heavy atom. The van der Waals surface area contributed by atoms with E-state index >= 15 is 0 Å². The number of anilines is 1. The summed E-state index contributed by atoms with van der Waals surface area (Å²) in [6, 6.07) is 3.84. The first-order chi connectivity index (χ1) is 8.35. The second-order valence-electron chi connectivity index (χ2n) is 5.18. The average Bonchev–Trinajstić information content (AvgIpc) is 2.58. The van der Waals surface area contributed by atoms with Gasteiger partial charge in [0.1, 0.15) is 11.1 Å². The van der Waals surface area contributed by atoms with Crippen LogP contribution in [0.15, 0.2) is 18.3 Å². The fourth-order valence-corrected chi connectivity index (χ4v) is 1.61. The third kappa shape index (κ3) is 2.80. The van der Waals surface area contributed by atoms with Crippen LogP contribution in [0.1, 0.15) is 26.5 Å². The van der Waals surface area contributed by atoms with Crippen molar-refractivity contribution in [2.75, 3.05) is 5.32 Å². The molecule has 5 nitrogen and oxygen atoms in total. The number of fused-ring (bicyclic) bond motifs is 1. The van der Waals surface area contributed by atoms with Gasteiger partial charge in [0.25, 0.3) is 0 Å². The van der Waals surface area contributed by atoms with Crippen LogP contribution in [0.3, 0.4) is 0 Å². The number of pyridine rings is 1. The molecule has 18 heavy (non-hydrogen) atoms. The number of ether oxygens (including phenoxy) is 1. The number of aromatic nitrogens is 2. The molecule has 0 aliphatic rings. The minimum atomic E-state index is -0.514. The quantitative estimate of drug-likeness (QED) is 0.813. The molecule has 2 aromatic rings. The Hall–Kier alpha value is -2.04. The maximum atomic E-state index is 11.7. The minimum absolute atomic E-state index is 0.480. The summed E-state index contributed by atoms with van der Waals surface area (Å²) in [4.78, 5) is 19.1. The van der Waals surface area contributed by atoms with Crippen molar-refractivity contribution in [3.63, 3.8) is 0 Å². The van der Waals surface area contributed by atoms with Gasteiger partial charge in [-0.15, -0.1) is 0 Å². The molecule has 0 radical (unpaired) electrons. The van der Waals surface area contributed by atoms with Crippen molar-refractivity contribution >= 4 is 22.8 Å². The Labute approximate surface area is 106 Å². The van der Waals surface area contributed by atoms with Crippen molar-refractivity contribution < 1.29 is 9.53 Å². The van der Waals surface area contributed by atoms with Crippen molar-refractivity contribution in [1.29, 1.82) is 0 Å². The van der Waals surface area contributed by atoms with Crippen molar-refractivity contribution in [2.45, 2.75) is 33.3 Å². The number of nitrogens with zero attached hydrogens (tertiary/aromatic N) is 1. The van der Waals surface area contributed by atoms with Gasteiger partial charge in [0.2, 0.25) is 0 Å². The van der Waals surface area contributed by atoms with Crippen molar-refractivity contribution in [3.8, 4) is 0 Å². The number of aromatic amines is 1. The molecular formula is C13H17N3O2. The molecular weight excluding hydrogens is 230 g/mol. The van der Waals surface area contributed by atoms with E-state index in [9.17, 15) is 4.79 Å². The van der Waals surface area contributed by atoms with E-state index in [-0.39, 0.29) is 0 Å². The maximum absolute atomic E-state index is 11.7. The van der Waals surface area contributed by atoms with Gasteiger partial charge in [-0.25, -0.2) is 9.78 Å². The molecule has 2 rings (SSSR count). The minimum Gasteiger partial charge on any atom is -0.444 e. The van der Waals surface area contributed by atoms with E-state index < -0.39 is 11.7 Å². The lowest BCUT2D eigenvalue weighted by molar-refractivity contribution is 0.0636. The Morgan fingerprint density at radius 2 is 2.11 bits per heavy atom. The molecule has 1 amide bonds. The van der Waals surface area contributed by atoms with Gasteiger partial charge >= 0.3 is 6.09 Å². The first-order valence-corrected chi connectivity index (χ1v) is 5.80. The van der Waals surface area contributed by atoms with Crippen LogP contribution in [-0.4, -0.2) is 21.7 Å². The number of H-pyrrole nitrogens is 1. The van der Waals surface area contributed by atoms with Gasteiger partial charge in [-0.05, 0) is 39.8 Å². The zero-order valence-electron chi connectivity index (χ0n) is 11.0. The van der Waals surface area contributed by atoms with Crippen LogP contribution in [0.25, 0.3) is 11.0 Å². The van der Waals surface area contributed by atoms with Gasteiger partial charge in [-0.1, -0.05) is 0 Å². The van der Waals surface area contributed by atoms with Gasteiger partial charge < -0.3 is 9.72 Å². The second kappa shape index (κ2) is 4.33. The summed E-state index contributed by atoms with van der Waals surface area (Å²) < 4.78 is 5.20. The number of amides is 1. The summed E-state index contributed by atoms with van der Waals surface area (Å²) in [5.74, 6) is 0. The predicted octanol–water partition coefficient (Wildman–Crippen LogP) is 3.22. The van der Waals surface area contributed by atoms with Gasteiger partial charge in [-0.2, -0.15) is 0 Å². The van der Waals surface area contributed by atoms with E-state index in [1.54, 1.807) is 6.20 Å². The SMILES string of the molecule is Cc1ccc2[nH]cc(NC(=O)OC(C)(C)C)c2n1. The van der Waals surface area contributed by atoms with Crippen LogP contribution in [0.4, 0.5) is 10.5 Å². The summed E-state index contributed by atoms with van der Waals surface area (Å²) in [5.41, 5.74) is 2.63. The molecule has 0 bridgehead atoms. The Bertz CT molecular complexity index is 581. The molecule has 0 aromatic carbocycles. The zero-order chi connectivity index (χ0) is 13.3. The highest BCUT2D eigenvalue weighted by Gasteiger charge is 2.17. The largest absolute Gasteiger partial charge is 0.444 e. The van der Waals surface area contributed by atoms with Gasteiger partial charge in [0.15, 0.2) is 0 Å². The molecule has 0 spiro atoms. The summed E-state index contributed by atoms with van der Waals surface area (Å²) in [5, 5.41) is 2.69. The van der Waals surface area contributed by atoms with Crippen LogP contribution in [0, 0.1) is 6.92 Å². The molecule has 2 N–H and O–H groups in total. The number of aryl methyl sites for hydroxylation is 1. The van der Waals surface area contributed by atoms with E-state index in [1.807, 2.05) is 39.8 Å². The predicted molar refractivity (Wildman–Crippen MR) is 70.7 cm³/mol. The molecule has 0 aliphatic heterocycles. The van der Waals surface area contributed by atoms with E-state index in [2.05, 4.69) is 15.3 Å². The number of nitrogens with one attached hydrogen (secondary N) is 2. The molecule has 0 fully saturated rings. The van der Waals surface area contributed by atoms with Crippen molar-refractivity contribution in [1.82, 2.24) is 9.97 Å². The lowest BCUT2D eigenvalue weighted by Crippen LogP contribution is -2.27. The van der Waals surface area contributed by atoms with Gasteiger partial charge in [-0.3, -0.25) is 5.32 Å². The van der Waals surface area contributed by atoms with Crippen LogP contribution < -0.4 is 5.32 Å². The van der Waals surface area contributed by atoms with E-state index in [0.29, 0.717) is 5.69 Å². The first kappa shape index (κ1) is 12.4. The molecule has 2 heterocycles. The maximum Gasteiger partial charge on any atom is 0.412 e. The molecule has 96 valence electrons. The normalized spacial score (nSPS) is 11.6. The van der Waals surface area contributed by atoms with Crippen LogP contribution >= 0.6 is 0 Å². The molecule has 0 saturated carbocycles. The van der Waals surface area contributed by atoms with Crippen LogP contribution in [0.5, 0.6) is 0 Å². The lowest BCUT2D eigenvalue weighted by Gasteiger charge is -2.19. The Kier molecular flexibility index (Phi) is 2.98. The third-order valence-electron chi connectivity index (χ3n) is 2.30. The van der Waals surface area contributed by atoms with E-state index in [4.69, 9.17) is 4.74 Å². The second-order valence-corrected chi connectivity index (χ2v) is 5.18. The monoisotopic (exact) mass is 247 g/mol. The number of carbonyl (C=O) groups is 1. The highest BCUT2D eigenvalue weighted by molar-refractivity contribution is 5.97. The average molecular weight is 247 g/mol. The molecule has 0 aliphatic carbocycles. The van der Waals surface area contributed by atoms with Crippen LogP contribution in [0.2, 0.25) is 0 Å². The van der Waals surface area contributed by atoms with Gasteiger partial charge in [0.05, 0.1) is 11.2 Å². The standard InChI is InChI=1S/C13H17N3O2/c1-8-5-6-9-11(15-8)10(7-14-9)16-12(17)18-13(2,3)4/h5-7,14H,1-4H3,(H,16,17). The van der Waals surface area contributed by atoms with Crippen molar-refractivity contribution in [3.05, 3.63) is 24.0 Å². The molecule has 0 saturated heterocycles. The zero-order valence-corrected chi connectivity index (χ0v) is 11.0. The highest BCUT2D eigenvalue weighted by atomic mass is 16.6. The fraction of sp³-hybridized carbons (Fsp3) is 0.385. The summed E-state index contributed by atoms with van der Waals surface area (Å²) >= 11 is 0. The summed E-state index contributed by atoms with van der Waals surface area (Å²) in [6.45, 7) is 7.38. The number of hydrogen-bond acceptors (Lipinski definition) is 3. The lowest BCUT2D eigenvalue weighted by atomic mass is 10.2. The molecule has 0 atom stereocenters. The summed E-state index contributed by atoms with van der Waals surface area (Å²) in [7, 11) is 0. The first-order valence-electron chi connectivity index (χ1n) is 5.80. The Morgan fingerprint density at radius 1 is 1.39 bits per heavy atom. The number of hydrogen-bond donors (Lipinski definition) is 2. The topological polar surface area (TPSA) is 67.0 Å². The Balaban J connectivity index is 2.22. The van der Waals surface area contributed by atoms with E-state index in [1.165, 1.54) is 0 Å². The molecule has 2 aromatic heterocycles. The van der Waals surface area contributed by atoms with Crippen LogP contribution in [-0.2, 0) is 4.74 Å². The van der Waals surface area contributed by atoms with Gasteiger partial charge in [0, 0.05) is 11.9 Å². The number of rotatable bonds is 1. The number of carbonyl (C=O) groups excluding carboxylic acids is 1. The smallest absolute Gasteiger partial charge is 0.412 e. The highest BCUT2D eigenvalue weighted by Crippen LogP contribution is 2.21. The third-order valence-corrected chi connectivity index (χ3v) is 2.30.